The molecule has 0 aliphatic carbocycles. The van der Waals surface area contributed by atoms with Crippen molar-refractivity contribution in [3.63, 3.8) is 0 Å². The second kappa shape index (κ2) is 4.24. The van der Waals surface area contributed by atoms with Gasteiger partial charge >= 0.3 is 5.97 Å². The van der Waals surface area contributed by atoms with Crippen LogP contribution in [-0.2, 0) is 14.3 Å². The zero-order valence-corrected chi connectivity index (χ0v) is 9.91. The van der Waals surface area contributed by atoms with Crippen molar-refractivity contribution in [2.45, 2.75) is 38.7 Å². The third-order valence-electron chi connectivity index (χ3n) is 3.08. The standard InChI is InChI=1S/C13H18O3/c1-5-7-12(3)9-10(14)13(4,8-6-2)16-11(12)15/h5-6H,1-2,7-9H2,3-4H3/t12-,13+/m1/s1. The lowest BCUT2D eigenvalue weighted by atomic mass is 9.75. The average Bonchev–Trinajstić information content (AvgIpc) is 2.16. The number of allylic oxidation sites excluding steroid dienone is 1. The van der Waals surface area contributed by atoms with Gasteiger partial charge in [-0.25, -0.2) is 0 Å². The monoisotopic (exact) mass is 222 g/mol. The van der Waals surface area contributed by atoms with Gasteiger partial charge in [-0.15, -0.1) is 13.2 Å². The van der Waals surface area contributed by atoms with Crippen molar-refractivity contribution >= 4 is 11.8 Å². The lowest BCUT2D eigenvalue weighted by Crippen LogP contribution is -2.51. The number of hydrogen-bond acceptors (Lipinski definition) is 3. The van der Waals surface area contributed by atoms with Crippen LogP contribution >= 0.6 is 0 Å². The van der Waals surface area contributed by atoms with Crippen molar-refractivity contribution in [3.05, 3.63) is 25.3 Å². The maximum absolute atomic E-state index is 12.0. The molecule has 0 saturated carbocycles. The summed E-state index contributed by atoms with van der Waals surface area (Å²) in [7, 11) is 0. The van der Waals surface area contributed by atoms with Crippen LogP contribution in [0.1, 0.15) is 33.1 Å². The summed E-state index contributed by atoms with van der Waals surface area (Å²) < 4.78 is 5.29. The highest BCUT2D eigenvalue weighted by molar-refractivity contribution is 5.97. The second-order valence-electron chi connectivity index (χ2n) is 4.77. The molecule has 0 N–H and O–H groups in total. The van der Waals surface area contributed by atoms with E-state index in [1.165, 1.54) is 0 Å². The molecular weight excluding hydrogens is 204 g/mol. The Balaban J connectivity index is 2.94. The Morgan fingerprint density at radius 3 is 2.31 bits per heavy atom. The summed E-state index contributed by atoms with van der Waals surface area (Å²) in [5.74, 6) is -0.368. The van der Waals surface area contributed by atoms with Gasteiger partial charge in [-0.2, -0.15) is 0 Å². The number of ketones is 1. The summed E-state index contributed by atoms with van der Waals surface area (Å²) in [5, 5.41) is 0. The normalized spacial score (nSPS) is 34.4. The number of hydrogen-bond donors (Lipinski definition) is 0. The van der Waals surface area contributed by atoms with E-state index >= 15 is 0 Å². The van der Waals surface area contributed by atoms with Crippen LogP contribution in [0.25, 0.3) is 0 Å². The SMILES string of the molecule is C=CC[C@]1(C)CC(=O)[C@](C)(CC=C)OC1=O. The van der Waals surface area contributed by atoms with Gasteiger partial charge in [0.25, 0.3) is 0 Å². The maximum Gasteiger partial charge on any atom is 0.313 e. The molecule has 2 atom stereocenters. The molecule has 0 aromatic carbocycles. The minimum atomic E-state index is -1.03. The molecule has 1 saturated heterocycles. The van der Waals surface area contributed by atoms with Gasteiger partial charge in [0.05, 0.1) is 5.41 Å². The third kappa shape index (κ3) is 2.08. The first-order valence-corrected chi connectivity index (χ1v) is 5.36. The fraction of sp³-hybridized carbons (Fsp3) is 0.538. The maximum atomic E-state index is 12.0. The number of rotatable bonds is 4. The first kappa shape index (κ1) is 12.7. The molecule has 1 fully saturated rings. The van der Waals surface area contributed by atoms with Crippen molar-refractivity contribution in [1.82, 2.24) is 0 Å². The zero-order valence-electron chi connectivity index (χ0n) is 9.91. The summed E-state index contributed by atoms with van der Waals surface area (Å²) >= 11 is 0. The number of cyclic esters (lactones) is 1. The molecule has 0 aromatic heterocycles. The molecule has 0 amide bonds. The van der Waals surface area contributed by atoms with Gasteiger partial charge in [-0.1, -0.05) is 12.2 Å². The predicted octanol–water partition coefficient (Wildman–Crippen LogP) is 2.42. The van der Waals surface area contributed by atoms with Crippen LogP contribution in [0.4, 0.5) is 0 Å². The van der Waals surface area contributed by atoms with E-state index in [1.54, 1.807) is 26.0 Å². The Bertz CT molecular complexity index is 311. The molecule has 1 aliphatic heterocycles. The summed E-state index contributed by atoms with van der Waals surface area (Å²) in [6, 6.07) is 0. The van der Waals surface area contributed by atoms with E-state index in [1.807, 2.05) is 0 Å². The molecule has 16 heavy (non-hydrogen) atoms. The Labute approximate surface area is 96.2 Å². The van der Waals surface area contributed by atoms with E-state index in [-0.39, 0.29) is 18.2 Å². The van der Waals surface area contributed by atoms with Crippen LogP contribution < -0.4 is 0 Å². The van der Waals surface area contributed by atoms with E-state index in [0.29, 0.717) is 12.8 Å². The highest BCUT2D eigenvalue weighted by Gasteiger charge is 2.50. The van der Waals surface area contributed by atoms with E-state index in [0.717, 1.165) is 0 Å². The fourth-order valence-corrected chi connectivity index (χ4v) is 1.90. The number of carbonyl (C=O) groups excluding carboxylic acids is 2. The van der Waals surface area contributed by atoms with Crippen LogP contribution in [0.15, 0.2) is 25.3 Å². The van der Waals surface area contributed by atoms with Gasteiger partial charge in [-0.05, 0) is 20.3 Å². The average molecular weight is 222 g/mol. The van der Waals surface area contributed by atoms with Gasteiger partial charge in [0, 0.05) is 12.8 Å². The lowest BCUT2D eigenvalue weighted by Gasteiger charge is -2.39. The molecule has 0 bridgehead atoms. The third-order valence-corrected chi connectivity index (χ3v) is 3.08. The Morgan fingerprint density at radius 2 is 1.81 bits per heavy atom. The van der Waals surface area contributed by atoms with E-state index < -0.39 is 11.0 Å². The number of Topliss-reactive ketones (excluding diaryl/α,β-unsaturated/α-hetero) is 1. The van der Waals surface area contributed by atoms with Gasteiger partial charge in [-0.3, -0.25) is 9.59 Å². The van der Waals surface area contributed by atoms with Gasteiger partial charge in [0.2, 0.25) is 0 Å². The largest absolute Gasteiger partial charge is 0.451 e. The van der Waals surface area contributed by atoms with Crippen LogP contribution in [0.2, 0.25) is 0 Å². The Hall–Kier alpha value is -1.38. The van der Waals surface area contributed by atoms with Crippen LogP contribution in [0.3, 0.4) is 0 Å². The zero-order chi connectivity index (χ0) is 12.4. The number of esters is 1. The minimum Gasteiger partial charge on any atom is -0.451 e. The molecule has 3 heteroatoms. The van der Waals surface area contributed by atoms with Crippen LogP contribution in [-0.4, -0.2) is 17.4 Å². The fourth-order valence-electron chi connectivity index (χ4n) is 1.90. The van der Waals surface area contributed by atoms with Crippen LogP contribution in [0.5, 0.6) is 0 Å². The van der Waals surface area contributed by atoms with E-state index in [9.17, 15) is 9.59 Å². The first-order chi connectivity index (χ1) is 7.38. The van der Waals surface area contributed by atoms with Gasteiger partial charge in [0.15, 0.2) is 11.4 Å². The lowest BCUT2D eigenvalue weighted by molar-refractivity contribution is -0.185. The molecule has 0 radical (unpaired) electrons. The molecule has 0 aromatic rings. The Morgan fingerprint density at radius 1 is 1.25 bits per heavy atom. The Kier molecular flexibility index (Phi) is 3.36. The van der Waals surface area contributed by atoms with Crippen molar-refractivity contribution in [1.29, 1.82) is 0 Å². The molecule has 1 aliphatic rings. The van der Waals surface area contributed by atoms with Gasteiger partial charge < -0.3 is 4.74 Å². The molecular formula is C13H18O3. The summed E-state index contributed by atoms with van der Waals surface area (Å²) in [6.45, 7) is 10.5. The van der Waals surface area contributed by atoms with Gasteiger partial charge in [0.1, 0.15) is 0 Å². The second-order valence-corrected chi connectivity index (χ2v) is 4.77. The molecule has 0 unspecified atom stereocenters. The van der Waals surface area contributed by atoms with E-state index in [4.69, 9.17) is 4.74 Å². The van der Waals surface area contributed by atoms with Crippen molar-refractivity contribution in [2.24, 2.45) is 5.41 Å². The smallest absolute Gasteiger partial charge is 0.313 e. The highest BCUT2D eigenvalue weighted by atomic mass is 16.6. The minimum absolute atomic E-state index is 0.0450. The topological polar surface area (TPSA) is 43.4 Å². The molecule has 1 rings (SSSR count). The molecule has 0 spiro atoms. The molecule has 3 nitrogen and oxygen atoms in total. The van der Waals surface area contributed by atoms with Crippen molar-refractivity contribution in [3.8, 4) is 0 Å². The summed E-state index contributed by atoms with van der Waals surface area (Å²) in [5.41, 5.74) is -1.78. The summed E-state index contributed by atoms with van der Waals surface area (Å²) in [4.78, 5) is 23.9. The van der Waals surface area contributed by atoms with Crippen molar-refractivity contribution < 1.29 is 14.3 Å². The van der Waals surface area contributed by atoms with E-state index in [2.05, 4.69) is 13.2 Å². The number of ether oxygens (including phenoxy) is 1. The van der Waals surface area contributed by atoms with Crippen LogP contribution in [0, 0.1) is 5.41 Å². The van der Waals surface area contributed by atoms with Crippen molar-refractivity contribution in [2.75, 3.05) is 0 Å². The quantitative estimate of drug-likeness (QED) is 0.542. The summed E-state index contributed by atoms with van der Waals surface area (Å²) in [6.07, 6.45) is 4.28. The molecule has 88 valence electrons. The highest BCUT2D eigenvalue weighted by Crippen LogP contribution is 2.38. The first-order valence-electron chi connectivity index (χ1n) is 5.36. The predicted molar refractivity (Wildman–Crippen MR) is 61.9 cm³/mol. The molecule has 1 heterocycles. The number of carbonyl (C=O) groups is 2.